The Kier molecular flexibility index (Phi) is 2.60. The first-order valence-corrected chi connectivity index (χ1v) is 6.65. The standard InChI is InChI=1S/C14H18BN3/c1-10-14(4-6-18(15)7-5-14)12-3-2-11(9-16)8-13(12)17-10/h2-3,8,10,17H,4-7,15H2,1H3. The van der Waals surface area contributed by atoms with Crippen LogP contribution in [-0.2, 0) is 5.41 Å². The van der Waals surface area contributed by atoms with E-state index >= 15 is 0 Å². The second-order valence-corrected chi connectivity index (χ2v) is 5.70. The van der Waals surface area contributed by atoms with Crippen LogP contribution in [0.3, 0.4) is 0 Å². The predicted molar refractivity (Wildman–Crippen MR) is 75.3 cm³/mol. The fourth-order valence-corrected chi connectivity index (χ4v) is 3.49. The Balaban J connectivity index is 2.02. The van der Waals surface area contributed by atoms with E-state index in [2.05, 4.69) is 37.2 Å². The van der Waals surface area contributed by atoms with Gasteiger partial charge in [0.2, 0.25) is 0 Å². The fraction of sp³-hybridized carbons (Fsp3) is 0.500. The van der Waals surface area contributed by atoms with Crippen LogP contribution in [-0.4, -0.2) is 31.9 Å². The van der Waals surface area contributed by atoms with Crippen LogP contribution in [0.5, 0.6) is 0 Å². The lowest BCUT2D eigenvalue weighted by Gasteiger charge is -2.41. The first-order valence-electron chi connectivity index (χ1n) is 6.65. The number of nitrogens with zero attached hydrogens (tertiary/aromatic N) is 2. The van der Waals surface area contributed by atoms with Gasteiger partial charge in [-0.25, -0.2) is 0 Å². The molecule has 0 aliphatic carbocycles. The van der Waals surface area contributed by atoms with Gasteiger partial charge in [0.1, 0.15) is 0 Å². The number of hydrogen-bond acceptors (Lipinski definition) is 3. The highest BCUT2D eigenvalue weighted by molar-refractivity contribution is 6.04. The zero-order valence-corrected chi connectivity index (χ0v) is 11.0. The van der Waals surface area contributed by atoms with Gasteiger partial charge in [-0.3, -0.25) is 0 Å². The average molecular weight is 239 g/mol. The van der Waals surface area contributed by atoms with E-state index in [0.29, 0.717) is 6.04 Å². The summed E-state index contributed by atoms with van der Waals surface area (Å²) in [6.45, 7) is 4.59. The van der Waals surface area contributed by atoms with E-state index in [1.165, 1.54) is 24.1 Å². The molecule has 2 aliphatic heterocycles. The fourth-order valence-electron chi connectivity index (χ4n) is 3.49. The molecule has 1 saturated heterocycles. The number of benzene rings is 1. The maximum atomic E-state index is 8.99. The van der Waals surface area contributed by atoms with Crippen LogP contribution >= 0.6 is 0 Å². The maximum Gasteiger partial charge on any atom is 0.185 e. The summed E-state index contributed by atoms with van der Waals surface area (Å²) in [6, 6.07) is 8.81. The smallest absolute Gasteiger partial charge is 0.185 e. The highest BCUT2D eigenvalue weighted by Crippen LogP contribution is 2.47. The third kappa shape index (κ3) is 1.54. The number of nitrogens with one attached hydrogen (secondary N) is 1. The quantitative estimate of drug-likeness (QED) is 0.692. The SMILES string of the molecule is BN1CCC2(CC1)c1ccc(C#N)cc1NC2C. The lowest BCUT2D eigenvalue weighted by Crippen LogP contribution is -2.46. The number of anilines is 1. The van der Waals surface area contributed by atoms with E-state index in [-0.39, 0.29) is 5.41 Å². The maximum absolute atomic E-state index is 8.99. The zero-order valence-electron chi connectivity index (χ0n) is 11.0. The molecule has 1 N–H and O–H groups in total. The minimum Gasteiger partial charge on any atom is -0.381 e. The topological polar surface area (TPSA) is 39.1 Å². The van der Waals surface area contributed by atoms with Gasteiger partial charge in [0.05, 0.1) is 11.6 Å². The third-order valence-corrected chi connectivity index (χ3v) is 4.77. The van der Waals surface area contributed by atoms with Crippen LogP contribution in [0.15, 0.2) is 18.2 Å². The van der Waals surface area contributed by atoms with Crippen molar-refractivity contribution in [1.29, 1.82) is 5.26 Å². The van der Waals surface area contributed by atoms with Gasteiger partial charge in [-0.15, -0.1) is 0 Å². The van der Waals surface area contributed by atoms with Crippen LogP contribution in [0.25, 0.3) is 0 Å². The number of rotatable bonds is 0. The lowest BCUT2D eigenvalue weighted by atomic mass is 9.69. The molecule has 1 aromatic rings. The number of hydrogen-bond donors (Lipinski definition) is 1. The predicted octanol–water partition coefficient (Wildman–Crippen LogP) is 1.25. The van der Waals surface area contributed by atoms with E-state index in [0.717, 1.165) is 18.7 Å². The largest absolute Gasteiger partial charge is 0.381 e. The summed E-state index contributed by atoms with van der Waals surface area (Å²) in [7, 11) is 2.19. The molecule has 0 amide bonds. The minimum absolute atomic E-state index is 0.274. The first-order chi connectivity index (χ1) is 8.65. The van der Waals surface area contributed by atoms with E-state index in [4.69, 9.17) is 5.26 Å². The molecule has 4 heteroatoms. The zero-order chi connectivity index (χ0) is 12.8. The van der Waals surface area contributed by atoms with Crippen molar-refractivity contribution in [1.82, 2.24) is 4.81 Å². The number of fused-ring (bicyclic) bond motifs is 2. The molecule has 3 rings (SSSR count). The van der Waals surface area contributed by atoms with Crippen molar-refractivity contribution in [3.63, 3.8) is 0 Å². The summed E-state index contributed by atoms with van der Waals surface area (Å²) < 4.78 is 0. The van der Waals surface area contributed by atoms with Crippen molar-refractivity contribution in [3.05, 3.63) is 29.3 Å². The molecular weight excluding hydrogens is 221 g/mol. The van der Waals surface area contributed by atoms with Gasteiger partial charge in [0.15, 0.2) is 7.98 Å². The summed E-state index contributed by atoms with van der Waals surface area (Å²) in [5.41, 5.74) is 3.61. The van der Waals surface area contributed by atoms with Crippen molar-refractivity contribution in [2.45, 2.75) is 31.2 Å². The third-order valence-electron chi connectivity index (χ3n) is 4.77. The van der Waals surface area contributed by atoms with Gasteiger partial charge in [-0.05, 0) is 50.6 Å². The Bertz CT molecular complexity index is 512. The molecule has 1 aromatic carbocycles. The van der Waals surface area contributed by atoms with Crippen molar-refractivity contribution in [2.75, 3.05) is 18.4 Å². The molecule has 0 bridgehead atoms. The first kappa shape index (κ1) is 11.6. The van der Waals surface area contributed by atoms with Crippen LogP contribution in [0.2, 0.25) is 0 Å². The second-order valence-electron chi connectivity index (χ2n) is 5.70. The summed E-state index contributed by atoms with van der Waals surface area (Å²) in [5, 5.41) is 12.6. The molecule has 0 aromatic heterocycles. The van der Waals surface area contributed by atoms with Gasteiger partial charge in [-0.2, -0.15) is 5.26 Å². The summed E-state index contributed by atoms with van der Waals surface area (Å²) in [4.78, 5) is 2.40. The molecule has 92 valence electrons. The molecular formula is C14H18BN3. The van der Waals surface area contributed by atoms with E-state index < -0.39 is 0 Å². The Morgan fingerprint density at radius 3 is 2.83 bits per heavy atom. The monoisotopic (exact) mass is 239 g/mol. The van der Waals surface area contributed by atoms with Crippen LogP contribution < -0.4 is 5.32 Å². The van der Waals surface area contributed by atoms with Gasteiger partial charge in [0.25, 0.3) is 0 Å². The molecule has 0 radical (unpaired) electrons. The van der Waals surface area contributed by atoms with E-state index in [1.54, 1.807) is 0 Å². The van der Waals surface area contributed by atoms with Gasteiger partial charge in [0, 0.05) is 17.1 Å². The normalized spacial score (nSPS) is 25.4. The summed E-state index contributed by atoms with van der Waals surface area (Å²) in [6.07, 6.45) is 2.41. The Labute approximate surface area is 109 Å². The lowest BCUT2D eigenvalue weighted by molar-refractivity contribution is 0.227. The minimum atomic E-state index is 0.274. The molecule has 2 heterocycles. The van der Waals surface area contributed by atoms with Crippen molar-refractivity contribution in [3.8, 4) is 6.07 Å². The molecule has 0 saturated carbocycles. The molecule has 1 fully saturated rings. The average Bonchev–Trinajstić information content (AvgIpc) is 2.65. The Hall–Kier alpha value is -1.47. The number of piperidine rings is 1. The Morgan fingerprint density at radius 2 is 2.17 bits per heavy atom. The molecule has 1 spiro atoms. The van der Waals surface area contributed by atoms with Crippen molar-refractivity contribution >= 4 is 13.7 Å². The molecule has 3 nitrogen and oxygen atoms in total. The Morgan fingerprint density at radius 1 is 1.44 bits per heavy atom. The molecule has 1 atom stereocenters. The molecule has 1 unspecified atom stereocenters. The van der Waals surface area contributed by atoms with Crippen LogP contribution in [0.4, 0.5) is 5.69 Å². The highest BCUT2D eigenvalue weighted by Gasteiger charge is 2.45. The molecule has 18 heavy (non-hydrogen) atoms. The second kappa shape index (κ2) is 4.03. The summed E-state index contributed by atoms with van der Waals surface area (Å²) in [5.74, 6) is 0. The van der Waals surface area contributed by atoms with E-state index in [1.807, 2.05) is 12.1 Å². The van der Waals surface area contributed by atoms with E-state index in [9.17, 15) is 0 Å². The molecule has 2 aliphatic rings. The number of nitriles is 1. The van der Waals surface area contributed by atoms with Crippen LogP contribution in [0, 0.1) is 11.3 Å². The van der Waals surface area contributed by atoms with Gasteiger partial charge < -0.3 is 10.1 Å². The van der Waals surface area contributed by atoms with Gasteiger partial charge >= 0.3 is 0 Å². The van der Waals surface area contributed by atoms with Crippen LogP contribution in [0.1, 0.15) is 30.9 Å². The van der Waals surface area contributed by atoms with Gasteiger partial charge in [-0.1, -0.05) is 6.07 Å². The van der Waals surface area contributed by atoms with Crippen molar-refractivity contribution < 1.29 is 0 Å². The highest BCUT2D eigenvalue weighted by atomic mass is 15.1. The van der Waals surface area contributed by atoms with Crippen molar-refractivity contribution in [2.24, 2.45) is 0 Å². The summed E-state index contributed by atoms with van der Waals surface area (Å²) >= 11 is 0.